The first-order valence-corrected chi connectivity index (χ1v) is 5.62. The maximum atomic E-state index is 4.00. The van der Waals surface area contributed by atoms with E-state index < -0.39 is 0 Å². The second-order valence-electron chi connectivity index (χ2n) is 3.12. The van der Waals surface area contributed by atoms with Gasteiger partial charge in [-0.1, -0.05) is 18.3 Å². The maximum Gasteiger partial charge on any atom is 0.206 e. The summed E-state index contributed by atoms with van der Waals surface area (Å²) >= 11 is 4.84. The summed E-state index contributed by atoms with van der Waals surface area (Å²) in [6, 6.07) is 0. The molecule has 0 unspecified atom stereocenters. The van der Waals surface area contributed by atoms with Crippen molar-refractivity contribution in [2.75, 3.05) is 5.32 Å². The van der Waals surface area contributed by atoms with Gasteiger partial charge >= 0.3 is 0 Å². The van der Waals surface area contributed by atoms with E-state index in [1.165, 1.54) is 19.3 Å². The number of halogens is 1. The van der Waals surface area contributed by atoms with Crippen LogP contribution in [0.1, 0.15) is 26.2 Å². The summed E-state index contributed by atoms with van der Waals surface area (Å²) < 4.78 is 0.844. The van der Waals surface area contributed by atoms with Crippen molar-refractivity contribution >= 4 is 32.4 Å². The van der Waals surface area contributed by atoms with Gasteiger partial charge < -0.3 is 5.32 Å². The standard InChI is InChI=1S/C7H10BrN3S/c1-2-7(3-4-7)9-6-11-10-5(8)12-6/h2-4H2,1H3,(H,9,11). The number of hydrogen-bond acceptors (Lipinski definition) is 4. The van der Waals surface area contributed by atoms with Crippen LogP contribution < -0.4 is 5.32 Å². The Morgan fingerprint density at radius 1 is 1.58 bits per heavy atom. The molecule has 1 N–H and O–H groups in total. The third-order valence-corrected chi connectivity index (χ3v) is 3.57. The topological polar surface area (TPSA) is 37.8 Å². The predicted octanol–water partition coefficient (Wildman–Crippen LogP) is 2.66. The largest absolute Gasteiger partial charge is 0.355 e. The number of nitrogens with zero attached hydrogens (tertiary/aromatic N) is 2. The summed E-state index contributed by atoms with van der Waals surface area (Å²) in [5.74, 6) is 0. The van der Waals surface area contributed by atoms with Crippen LogP contribution in [0.5, 0.6) is 0 Å². The maximum absolute atomic E-state index is 4.00. The van der Waals surface area contributed by atoms with Crippen LogP contribution in [0.4, 0.5) is 5.13 Å². The highest BCUT2D eigenvalue weighted by atomic mass is 79.9. The number of aromatic nitrogens is 2. The number of anilines is 1. The Hall–Kier alpha value is -0.160. The lowest BCUT2D eigenvalue weighted by Crippen LogP contribution is -2.19. The molecular weight excluding hydrogens is 238 g/mol. The first-order valence-electron chi connectivity index (χ1n) is 4.01. The van der Waals surface area contributed by atoms with Crippen molar-refractivity contribution in [3.8, 4) is 0 Å². The third kappa shape index (κ3) is 1.61. The average Bonchev–Trinajstić information content (AvgIpc) is 2.71. The Morgan fingerprint density at radius 3 is 2.75 bits per heavy atom. The highest BCUT2D eigenvalue weighted by Crippen LogP contribution is 2.42. The molecule has 66 valence electrons. The van der Waals surface area contributed by atoms with Crippen LogP contribution in [0.3, 0.4) is 0 Å². The zero-order chi connectivity index (χ0) is 8.60. The van der Waals surface area contributed by atoms with Gasteiger partial charge in [-0.05, 0) is 35.2 Å². The summed E-state index contributed by atoms with van der Waals surface area (Å²) in [5, 5.41) is 12.2. The van der Waals surface area contributed by atoms with Gasteiger partial charge in [-0.3, -0.25) is 0 Å². The monoisotopic (exact) mass is 247 g/mol. The summed E-state index contributed by atoms with van der Waals surface area (Å²) in [5.41, 5.74) is 0.346. The average molecular weight is 248 g/mol. The molecule has 0 spiro atoms. The van der Waals surface area contributed by atoms with Crippen LogP contribution in [-0.2, 0) is 0 Å². The fourth-order valence-electron chi connectivity index (χ4n) is 1.20. The molecule has 0 radical (unpaired) electrons. The minimum Gasteiger partial charge on any atom is -0.355 e. The van der Waals surface area contributed by atoms with Crippen molar-refractivity contribution in [2.45, 2.75) is 31.7 Å². The molecule has 0 bridgehead atoms. The van der Waals surface area contributed by atoms with Crippen LogP contribution in [0.25, 0.3) is 0 Å². The van der Waals surface area contributed by atoms with E-state index in [-0.39, 0.29) is 0 Å². The minimum atomic E-state index is 0.346. The van der Waals surface area contributed by atoms with Crippen LogP contribution in [0, 0.1) is 0 Å². The molecule has 1 aromatic rings. The lowest BCUT2D eigenvalue weighted by molar-refractivity contribution is 0.699. The van der Waals surface area contributed by atoms with Gasteiger partial charge in [0.2, 0.25) is 5.13 Å². The molecule has 0 aliphatic heterocycles. The van der Waals surface area contributed by atoms with E-state index >= 15 is 0 Å². The molecule has 1 heterocycles. The highest BCUT2D eigenvalue weighted by Gasteiger charge is 2.41. The zero-order valence-electron chi connectivity index (χ0n) is 6.80. The number of hydrogen-bond donors (Lipinski definition) is 1. The van der Waals surface area contributed by atoms with Crippen molar-refractivity contribution in [3.05, 3.63) is 3.92 Å². The third-order valence-electron chi connectivity index (χ3n) is 2.30. The normalized spacial score (nSPS) is 19.2. The minimum absolute atomic E-state index is 0.346. The van der Waals surface area contributed by atoms with E-state index in [2.05, 4.69) is 38.4 Å². The van der Waals surface area contributed by atoms with Gasteiger partial charge in [0.15, 0.2) is 3.92 Å². The van der Waals surface area contributed by atoms with Gasteiger partial charge in [0.05, 0.1) is 0 Å². The Kier molecular flexibility index (Phi) is 2.08. The molecule has 1 saturated carbocycles. The van der Waals surface area contributed by atoms with Crippen LogP contribution in [-0.4, -0.2) is 15.7 Å². The van der Waals surface area contributed by atoms with E-state index in [0.29, 0.717) is 5.54 Å². The molecule has 1 aliphatic rings. The van der Waals surface area contributed by atoms with Gasteiger partial charge in [-0.15, -0.1) is 10.2 Å². The Morgan fingerprint density at radius 2 is 2.33 bits per heavy atom. The van der Waals surface area contributed by atoms with Gasteiger partial charge in [-0.25, -0.2) is 0 Å². The van der Waals surface area contributed by atoms with Crippen molar-refractivity contribution in [2.24, 2.45) is 0 Å². The van der Waals surface area contributed by atoms with Gasteiger partial charge in [-0.2, -0.15) is 0 Å². The molecule has 3 nitrogen and oxygen atoms in total. The molecule has 0 saturated heterocycles. The second kappa shape index (κ2) is 2.96. The fraction of sp³-hybridized carbons (Fsp3) is 0.714. The molecular formula is C7H10BrN3S. The Bertz CT molecular complexity index is 282. The Labute approximate surface area is 83.7 Å². The fourth-order valence-corrected chi connectivity index (χ4v) is 2.33. The number of nitrogens with one attached hydrogen (secondary N) is 1. The molecule has 1 aromatic heterocycles. The van der Waals surface area contributed by atoms with Crippen molar-refractivity contribution < 1.29 is 0 Å². The summed E-state index contributed by atoms with van der Waals surface area (Å²) in [6.45, 7) is 2.20. The molecule has 5 heteroatoms. The zero-order valence-corrected chi connectivity index (χ0v) is 9.20. The molecule has 0 atom stereocenters. The molecule has 1 aliphatic carbocycles. The van der Waals surface area contributed by atoms with Crippen molar-refractivity contribution in [3.63, 3.8) is 0 Å². The molecule has 0 aromatic carbocycles. The lowest BCUT2D eigenvalue weighted by Gasteiger charge is -2.12. The first-order chi connectivity index (χ1) is 5.74. The molecule has 0 amide bonds. The second-order valence-corrected chi connectivity index (χ2v) is 5.37. The van der Waals surface area contributed by atoms with E-state index in [0.717, 1.165) is 9.05 Å². The summed E-state index contributed by atoms with van der Waals surface area (Å²) in [7, 11) is 0. The summed E-state index contributed by atoms with van der Waals surface area (Å²) in [4.78, 5) is 0. The van der Waals surface area contributed by atoms with Crippen molar-refractivity contribution in [1.29, 1.82) is 0 Å². The Balaban J connectivity index is 2.04. The number of rotatable bonds is 3. The molecule has 2 rings (SSSR count). The van der Waals surface area contributed by atoms with Gasteiger partial charge in [0.1, 0.15) is 0 Å². The molecule has 1 fully saturated rings. The summed E-state index contributed by atoms with van der Waals surface area (Å²) in [6.07, 6.45) is 3.70. The van der Waals surface area contributed by atoms with Crippen LogP contribution >= 0.6 is 27.3 Å². The van der Waals surface area contributed by atoms with Gasteiger partial charge in [0.25, 0.3) is 0 Å². The van der Waals surface area contributed by atoms with Gasteiger partial charge in [0, 0.05) is 5.54 Å². The predicted molar refractivity (Wildman–Crippen MR) is 53.5 cm³/mol. The van der Waals surface area contributed by atoms with Crippen LogP contribution in [0.2, 0.25) is 0 Å². The van der Waals surface area contributed by atoms with E-state index in [9.17, 15) is 0 Å². The van der Waals surface area contributed by atoms with E-state index in [1.54, 1.807) is 11.3 Å². The first kappa shape index (κ1) is 8.44. The lowest BCUT2D eigenvalue weighted by atomic mass is 10.2. The highest BCUT2D eigenvalue weighted by molar-refractivity contribution is 9.11. The van der Waals surface area contributed by atoms with Crippen molar-refractivity contribution in [1.82, 2.24) is 10.2 Å². The quantitative estimate of drug-likeness (QED) is 0.893. The van der Waals surface area contributed by atoms with E-state index in [1.807, 2.05) is 0 Å². The van der Waals surface area contributed by atoms with E-state index in [4.69, 9.17) is 0 Å². The smallest absolute Gasteiger partial charge is 0.206 e. The van der Waals surface area contributed by atoms with Crippen LogP contribution in [0.15, 0.2) is 3.92 Å². The molecule has 12 heavy (non-hydrogen) atoms. The SMILES string of the molecule is CCC1(Nc2nnc(Br)s2)CC1.